The lowest BCUT2D eigenvalue weighted by atomic mass is 10.1. The Labute approximate surface area is 86.0 Å². The third-order valence-electron chi connectivity index (χ3n) is 2.12. The van der Waals surface area contributed by atoms with Gasteiger partial charge in [-0.2, -0.15) is 0 Å². The Kier molecular flexibility index (Phi) is 4.36. The van der Waals surface area contributed by atoms with Crippen LogP contribution >= 0.6 is 0 Å². The maximum atomic E-state index is 4.22. The van der Waals surface area contributed by atoms with Crippen molar-refractivity contribution in [1.29, 1.82) is 0 Å². The summed E-state index contributed by atoms with van der Waals surface area (Å²) in [7, 11) is 0. The molecule has 1 aromatic rings. The van der Waals surface area contributed by atoms with E-state index >= 15 is 0 Å². The van der Waals surface area contributed by atoms with Gasteiger partial charge in [-0.05, 0) is 12.3 Å². The number of hydrogen-bond acceptors (Lipinski definition) is 3. The van der Waals surface area contributed by atoms with Crippen molar-refractivity contribution in [3.05, 3.63) is 18.1 Å². The molecular weight excluding hydrogens is 174 g/mol. The lowest BCUT2D eigenvalue weighted by Crippen LogP contribution is -2.04. The predicted octanol–water partition coefficient (Wildman–Crippen LogP) is 2.81. The van der Waals surface area contributed by atoms with Crippen LogP contribution in [0.4, 0.5) is 5.82 Å². The van der Waals surface area contributed by atoms with Crippen molar-refractivity contribution >= 4 is 5.82 Å². The molecule has 0 aliphatic rings. The lowest BCUT2D eigenvalue weighted by molar-refractivity contribution is 0.806. The zero-order valence-corrected chi connectivity index (χ0v) is 9.25. The number of anilines is 1. The Morgan fingerprint density at radius 2 is 2.14 bits per heavy atom. The molecule has 3 heteroatoms. The SMILES string of the molecule is CCCCNc1cc(C(C)C)ncn1. The van der Waals surface area contributed by atoms with Gasteiger partial charge in [0.05, 0.1) is 0 Å². The van der Waals surface area contributed by atoms with E-state index in [1.54, 1.807) is 6.33 Å². The molecule has 1 heterocycles. The molecule has 0 amide bonds. The van der Waals surface area contributed by atoms with Crippen LogP contribution < -0.4 is 5.32 Å². The highest BCUT2D eigenvalue weighted by molar-refractivity contribution is 5.35. The molecule has 0 saturated heterocycles. The first-order valence-corrected chi connectivity index (χ1v) is 5.29. The van der Waals surface area contributed by atoms with Gasteiger partial charge in [-0.1, -0.05) is 27.2 Å². The summed E-state index contributed by atoms with van der Waals surface area (Å²) in [6, 6.07) is 2.03. The molecule has 0 unspecified atom stereocenters. The molecule has 0 atom stereocenters. The van der Waals surface area contributed by atoms with Crippen LogP contribution in [0.15, 0.2) is 12.4 Å². The second-order valence-corrected chi connectivity index (χ2v) is 3.76. The van der Waals surface area contributed by atoms with Crippen LogP contribution in [-0.2, 0) is 0 Å². The minimum Gasteiger partial charge on any atom is -0.370 e. The zero-order chi connectivity index (χ0) is 10.4. The molecule has 0 saturated carbocycles. The van der Waals surface area contributed by atoms with Crippen molar-refractivity contribution in [3.8, 4) is 0 Å². The molecule has 0 spiro atoms. The van der Waals surface area contributed by atoms with Crippen molar-refractivity contribution in [1.82, 2.24) is 9.97 Å². The Morgan fingerprint density at radius 1 is 1.36 bits per heavy atom. The van der Waals surface area contributed by atoms with Crippen LogP contribution in [0.3, 0.4) is 0 Å². The minimum absolute atomic E-state index is 0.463. The van der Waals surface area contributed by atoms with Gasteiger partial charge in [0.25, 0.3) is 0 Å². The molecule has 78 valence electrons. The Morgan fingerprint density at radius 3 is 2.79 bits per heavy atom. The van der Waals surface area contributed by atoms with E-state index in [9.17, 15) is 0 Å². The van der Waals surface area contributed by atoms with Gasteiger partial charge in [0.15, 0.2) is 0 Å². The highest BCUT2D eigenvalue weighted by Crippen LogP contribution is 2.13. The van der Waals surface area contributed by atoms with E-state index in [-0.39, 0.29) is 0 Å². The summed E-state index contributed by atoms with van der Waals surface area (Å²) in [4.78, 5) is 8.39. The molecule has 14 heavy (non-hydrogen) atoms. The molecule has 0 bridgehead atoms. The van der Waals surface area contributed by atoms with Gasteiger partial charge in [-0.15, -0.1) is 0 Å². The van der Waals surface area contributed by atoms with Crippen molar-refractivity contribution in [2.45, 2.75) is 39.5 Å². The highest BCUT2D eigenvalue weighted by atomic mass is 15.0. The van der Waals surface area contributed by atoms with E-state index in [0.717, 1.165) is 18.1 Å². The average Bonchev–Trinajstić information content (AvgIpc) is 2.19. The van der Waals surface area contributed by atoms with Gasteiger partial charge in [0, 0.05) is 18.3 Å². The summed E-state index contributed by atoms with van der Waals surface area (Å²) in [5.41, 5.74) is 1.10. The molecule has 0 aliphatic carbocycles. The van der Waals surface area contributed by atoms with E-state index in [4.69, 9.17) is 0 Å². The number of nitrogens with zero attached hydrogens (tertiary/aromatic N) is 2. The monoisotopic (exact) mass is 193 g/mol. The van der Waals surface area contributed by atoms with Gasteiger partial charge in [0.1, 0.15) is 12.1 Å². The first kappa shape index (κ1) is 11.0. The van der Waals surface area contributed by atoms with Crippen molar-refractivity contribution in [3.63, 3.8) is 0 Å². The number of rotatable bonds is 5. The van der Waals surface area contributed by atoms with Crippen LogP contribution in [0.1, 0.15) is 45.2 Å². The van der Waals surface area contributed by atoms with Crippen molar-refractivity contribution in [2.24, 2.45) is 0 Å². The predicted molar refractivity (Wildman–Crippen MR) is 59.5 cm³/mol. The summed E-state index contributed by atoms with van der Waals surface area (Å²) < 4.78 is 0. The highest BCUT2D eigenvalue weighted by Gasteiger charge is 2.01. The summed E-state index contributed by atoms with van der Waals surface area (Å²) in [6.07, 6.45) is 4.01. The van der Waals surface area contributed by atoms with E-state index < -0.39 is 0 Å². The maximum Gasteiger partial charge on any atom is 0.129 e. The zero-order valence-electron chi connectivity index (χ0n) is 9.25. The van der Waals surface area contributed by atoms with Crippen LogP contribution in [0.2, 0.25) is 0 Å². The second-order valence-electron chi connectivity index (χ2n) is 3.76. The average molecular weight is 193 g/mol. The maximum absolute atomic E-state index is 4.22. The molecule has 1 rings (SSSR count). The smallest absolute Gasteiger partial charge is 0.129 e. The fourth-order valence-electron chi connectivity index (χ4n) is 1.18. The largest absolute Gasteiger partial charge is 0.370 e. The first-order chi connectivity index (χ1) is 6.74. The molecule has 0 aromatic carbocycles. The molecule has 0 aliphatic heterocycles. The first-order valence-electron chi connectivity index (χ1n) is 5.29. The van der Waals surface area contributed by atoms with E-state index in [0.29, 0.717) is 5.92 Å². The van der Waals surface area contributed by atoms with E-state index in [1.807, 2.05) is 6.07 Å². The summed E-state index contributed by atoms with van der Waals surface area (Å²) in [5, 5.41) is 3.29. The van der Waals surface area contributed by atoms with Gasteiger partial charge in [-0.25, -0.2) is 9.97 Å². The Hall–Kier alpha value is -1.12. The Bertz CT molecular complexity index is 271. The molecule has 0 fully saturated rings. The third kappa shape index (κ3) is 3.32. The summed E-state index contributed by atoms with van der Waals surface area (Å²) in [6.45, 7) is 7.45. The van der Waals surface area contributed by atoms with E-state index in [1.165, 1.54) is 12.8 Å². The topological polar surface area (TPSA) is 37.8 Å². The van der Waals surface area contributed by atoms with Crippen LogP contribution in [0, 0.1) is 0 Å². The quantitative estimate of drug-likeness (QED) is 0.731. The number of nitrogens with one attached hydrogen (secondary N) is 1. The minimum atomic E-state index is 0.463. The van der Waals surface area contributed by atoms with Gasteiger partial charge < -0.3 is 5.32 Å². The normalized spacial score (nSPS) is 10.6. The second kappa shape index (κ2) is 5.58. The fourth-order valence-corrected chi connectivity index (χ4v) is 1.18. The molecule has 0 radical (unpaired) electrons. The standard InChI is InChI=1S/C11H19N3/c1-4-5-6-12-11-7-10(9(2)3)13-8-14-11/h7-9H,4-6H2,1-3H3,(H,12,13,14). The molecule has 1 aromatic heterocycles. The number of hydrogen-bond donors (Lipinski definition) is 1. The van der Waals surface area contributed by atoms with Crippen LogP contribution in [0.5, 0.6) is 0 Å². The van der Waals surface area contributed by atoms with Gasteiger partial charge >= 0.3 is 0 Å². The summed E-state index contributed by atoms with van der Waals surface area (Å²) in [5.74, 6) is 1.40. The van der Waals surface area contributed by atoms with Crippen LogP contribution in [0.25, 0.3) is 0 Å². The molecular formula is C11H19N3. The molecule has 3 nitrogen and oxygen atoms in total. The number of unbranched alkanes of at least 4 members (excludes halogenated alkanes) is 1. The van der Waals surface area contributed by atoms with E-state index in [2.05, 4.69) is 36.1 Å². The number of aromatic nitrogens is 2. The fraction of sp³-hybridized carbons (Fsp3) is 0.636. The summed E-state index contributed by atoms with van der Waals surface area (Å²) >= 11 is 0. The van der Waals surface area contributed by atoms with Crippen molar-refractivity contribution in [2.75, 3.05) is 11.9 Å². The third-order valence-corrected chi connectivity index (χ3v) is 2.12. The Balaban J connectivity index is 2.55. The van der Waals surface area contributed by atoms with Crippen molar-refractivity contribution < 1.29 is 0 Å². The lowest BCUT2D eigenvalue weighted by Gasteiger charge is -2.07. The van der Waals surface area contributed by atoms with Crippen LogP contribution in [-0.4, -0.2) is 16.5 Å². The van der Waals surface area contributed by atoms with Gasteiger partial charge in [0.2, 0.25) is 0 Å². The molecule has 1 N–H and O–H groups in total. The van der Waals surface area contributed by atoms with Gasteiger partial charge in [-0.3, -0.25) is 0 Å².